The second kappa shape index (κ2) is 7.32. The van der Waals surface area contributed by atoms with E-state index in [0.717, 1.165) is 28.2 Å². The monoisotopic (exact) mass is 382 g/mol. The maximum Gasteiger partial charge on any atom is 0.228 e. The fourth-order valence-electron chi connectivity index (χ4n) is 2.94. The Hall–Kier alpha value is -3.00. The quantitative estimate of drug-likeness (QED) is 0.849. The van der Waals surface area contributed by atoms with E-state index in [4.69, 9.17) is 9.47 Å². The van der Waals surface area contributed by atoms with Crippen molar-refractivity contribution < 1.29 is 14.3 Å². The van der Waals surface area contributed by atoms with E-state index in [1.54, 1.807) is 26.0 Å². The Morgan fingerprint density at radius 1 is 1.11 bits per heavy atom. The summed E-state index contributed by atoms with van der Waals surface area (Å²) in [5.41, 5.74) is 7.59. The average Bonchev–Trinajstić information content (AvgIpc) is 3.07. The van der Waals surface area contributed by atoms with Crippen molar-refractivity contribution in [1.29, 1.82) is 0 Å². The highest BCUT2D eigenvalue weighted by molar-refractivity contribution is 8.14. The number of nitrogens with zero attached hydrogens (tertiary/aromatic N) is 2. The molecule has 0 bridgehead atoms. The number of benzene rings is 2. The standard InChI is InChI=1S/C19H18N4O3S/c1-25-16-6-4-13(9-17(16)26-2)20-19-23-22-15(10-27-19)11-3-5-14-12(7-11)8-18(24)21-14/h3-7,9H,8,10H2,1-2H3,(H,20,23)(H,21,24). The van der Waals surface area contributed by atoms with Crippen LogP contribution in [0.3, 0.4) is 0 Å². The van der Waals surface area contributed by atoms with E-state index < -0.39 is 0 Å². The molecule has 2 N–H and O–H groups in total. The van der Waals surface area contributed by atoms with Crippen LogP contribution in [0.5, 0.6) is 11.5 Å². The van der Waals surface area contributed by atoms with Gasteiger partial charge in [-0.1, -0.05) is 17.8 Å². The molecular weight excluding hydrogens is 364 g/mol. The van der Waals surface area contributed by atoms with Crippen LogP contribution in [0.4, 0.5) is 11.4 Å². The van der Waals surface area contributed by atoms with E-state index in [2.05, 4.69) is 20.8 Å². The van der Waals surface area contributed by atoms with Crippen LogP contribution in [-0.4, -0.2) is 36.8 Å². The van der Waals surface area contributed by atoms with Crippen molar-refractivity contribution in [2.75, 3.05) is 25.3 Å². The summed E-state index contributed by atoms with van der Waals surface area (Å²) in [5, 5.41) is 8.01. The van der Waals surface area contributed by atoms with Gasteiger partial charge in [-0.3, -0.25) is 10.2 Å². The van der Waals surface area contributed by atoms with Crippen LogP contribution in [0.1, 0.15) is 11.1 Å². The summed E-state index contributed by atoms with van der Waals surface area (Å²) < 4.78 is 10.5. The number of nitrogens with one attached hydrogen (secondary N) is 2. The molecular formula is C19H18N4O3S. The summed E-state index contributed by atoms with van der Waals surface area (Å²) >= 11 is 1.57. The number of amidine groups is 1. The fraction of sp³-hybridized carbons (Fsp3) is 0.211. The van der Waals surface area contributed by atoms with Gasteiger partial charge >= 0.3 is 0 Å². The molecule has 2 aliphatic rings. The number of hydrazone groups is 1. The molecule has 0 saturated carbocycles. The van der Waals surface area contributed by atoms with Crippen molar-refractivity contribution in [3.8, 4) is 11.5 Å². The molecule has 0 unspecified atom stereocenters. The van der Waals surface area contributed by atoms with Crippen molar-refractivity contribution in [2.24, 2.45) is 10.1 Å². The lowest BCUT2D eigenvalue weighted by Gasteiger charge is -2.15. The van der Waals surface area contributed by atoms with Gasteiger partial charge in [0.1, 0.15) is 0 Å². The molecule has 2 aromatic carbocycles. The van der Waals surface area contributed by atoms with Gasteiger partial charge in [0.05, 0.1) is 32.0 Å². The number of hydrogen-bond acceptors (Lipinski definition) is 6. The van der Waals surface area contributed by atoms with Gasteiger partial charge in [0, 0.05) is 17.5 Å². The first-order chi connectivity index (χ1) is 13.2. The maximum atomic E-state index is 11.5. The zero-order valence-electron chi connectivity index (χ0n) is 14.9. The smallest absolute Gasteiger partial charge is 0.228 e. The van der Waals surface area contributed by atoms with Gasteiger partial charge in [-0.2, -0.15) is 5.10 Å². The van der Waals surface area contributed by atoms with Gasteiger partial charge in [-0.15, -0.1) is 0 Å². The summed E-state index contributed by atoms with van der Waals surface area (Å²) in [6, 6.07) is 11.4. The number of carbonyl (C=O) groups is 1. The molecule has 27 heavy (non-hydrogen) atoms. The first-order valence-corrected chi connectivity index (χ1v) is 9.34. The third-order valence-corrected chi connectivity index (χ3v) is 5.17. The fourth-order valence-corrected chi connectivity index (χ4v) is 3.73. The predicted octanol–water partition coefficient (Wildman–Crippen LogP) is 2.93. The second-order valence-corrected chi connectivity index (χ2v) is 6.98. The van der Waals surface area contributed by atoms with Crippen LogP contribution in [0.15, 0.2) is 46.5 Å². The third kappa shape index (κ3) is 3.61. The van der Waals surface area contributed by atoms with Crippen LogP contribution < -0.4 is 20.2 Å². The van der Waals surface area contributed by atoms with E-state index in [0.29, 0.717) is 28.8 Å². The molecule has 1 amide bonds. The van der Waals surface area contributed by atoms with Crippen molar-refractivity contribution in [1.82, 2.24) is 5.43 Å². The summed E-state index contributed by atoms with van der Waals surface area (Å²) in [7, 11) is 3.20. The van der Waals surface area contributed by atoms with E-state index in [9.17, 15) is 4.79 Å². The molecule has 0 radical (unpaired) electrons. The van der Waals surface area contributed by atoms with Crippen LogP contribution in [0.2, 0.25) is 0 Å². The first kappa shape index (κ1) is 17.4. The normalized spacial score (nSPS) is 17.0. The van der Waals surface area contributed by atoms with E-state index in [1.165, 1.54) is 0 Å². The molecule has 0 spiro atoms. The number of amides is 1. The van der Waals surface area contributed by atoms with Gasteiger partial charge in [-0.05, 0) is 35.4 Å². The molecule has 2 aromatic rings. The van der Waals surface area contributed by atoms with Gasteiger partial charge in [0.15, 0.2) is 16.7 Å². The number of carbonyl (C=O) groups excluding carboxylic acids is 1. The number of hydrogen-bond donors (Lipinski definition) is 2. The molecule has 0 atom stereocenters. The molecule has 8 heteroatoms. The maximum absolute atomic E-state index is 11.5. The van der Waals surface area contributed by atoms with Gasteiger partial charge < -0.3 is 14.8 Å². The van der Waals surface area contributed by atoms with Gasteiger partial charge in [-0.25, -0.2) is 4.99 Å². The Balaban J connectivity index is 1.51. The predicted molar refractivity (Wildman–Crippen MR) is 108 cm³/mol. The van der Waals surface area contributed by atoms with E-state index in [1.807, 2.05) is 36.4 Å². The van der Waals surface area contributed by atoms with Crippen molar-refractivity contribution in [3.05, 3.63) is 47.5 Å². The molecule has 138 valence electrons. The lowest BCUT2D eigenvalue weighted by Crippen LogP contribution is -2.25. The van der Waals surface area contributed by atoms with Gasteiger partial charge in [0.25, 0.3) is 0 Å². The topological polar surface area (TPSA) is 84.3 Å². The number of aliphatic imine (C=N–C) groups is 1. The number of anilines is 1. The lowest BCUT2D eigenvalue weighted by atomic mass is 10.1. The minimum Gasteiger partial charge on any atom is -0.493 e. The van der Waals surface area contributed by atoms with E-state index >= 15 is 0 Å². The number of rotatable bonds is 4. The van der Waals surface area contributed by atoms with E-state index in [-0.39, 0.29) is 5.91 Å². The molecule has 0 aliphatic carbocycles. The Labute approximate surface area is 160 Å². The lowest BCUT2D eigenvalue weighted by molar-refractivity contribution is -0.115. The molecule has 0 saturated heterocycles. The molecule has 0 aromatic heterocycles. The molecule has 2 heterocycles. The average molecular weight is 382 g/mol. The number of thioether (sulfide) groups is 1. The highest BCUT2D eigenvalue weighted by Gasteiger charge is 2.20. The van der Waals surface area contributed by atoms with Crippen molar-refractivity contribution >= 4 is 39.9 Å². The second-order valence-electron chi connectivity index (χ2n) is 6.01. The van der Waals surface area contributed by atoms with Crippen LogP contribution in [0.25, 0.3) is 0 Å². The van der Waals surface area contributed by atoms with Crippen LogP contribution >= 0.6 is 11.8 Å². The molecule has 0 fully saturated rings. The Morgan fingerprint density at radius 3 is 2.70 bits per heavy atom. The number of methoxy groups -OCH3 is 2. The zero-order valence-corrected chi connectivity index (χ0v) is 15.7. The largest absolute Gasteiger partial charge is 0.493 e. The Morgan fingerprint density at radius 2 is 1.96 bits per heavy atom. The van der Waals surface area contributed by atoms with Crippen molar-refractivity contribution in [2.45, 2.75) is 6.42 Å². The summed E-state index contributed by atoms with van der Waals surface area (Å²) in [6.07, 6.45) is 0.420. The summed E-state index contributed by atoms with van der Waals surface area (Å²) in [5.74, 6) is 2.02. The van der Waals surface area contributed by atoms with Crippen molar-refractivity contribution in [3.63, 3.8) is 0 Å². The summed E-state index contributed by atoms with van der Waals surface area (Å²) in [4.78, 5) is 16.1. The number of fused-ring (bicyclic) bond motifs is 1. The van der Waals surface area contributed by atoms with Gasteiger partial charge in [0.2, 0.25) is 5.91 Å². The summed E-state index contributed by atoms with van der Waals surface area (Å²) in [6.45, 7) is 0. The highest BCUT2D eigenvalue weighted by atomic mass is 32.2. The van der Waals surface area contributed by atoms with Crippen LogP contribution in [-0.2, 0) is 11.2 Å². The third-order valence-electron chi connectivity index (χ3n) is 4.29. The molecule has 2 aliphatic heterocycles. The van der Waals surface area contributed by atoms with Crippen LogP contribution in [0, 0.1) is 0 Å². The number of ether oxygens (including phenoxy) is 2. The minimum absolute atomic E-state index is 0.0320. The zero-order chi connectivity index (χ0) is 18.8. The SMILES string of the molecule is COc1ccc(N=C2NN=C(c3ccc4c(c3)CC(=O)N4)CS2)cc1OC. The Bertz CT molecular complexity index is 971. The molecule has 4 rings (SSSR count). The molecule has 7 nitrogen and oxygen atoms in total. The first-order valence-electron chi connectivity index (χ1n) is 8.35. The Kier molecular flexibility index (Phi) is 4.72. The highest BCUT2D eigenvalue weighted by Crippen LogP contribution is 2.32. The minimum atomic E-state index is 0.0320.